The number of para-hydroxylation sites is 1. The van der Waals surface area contributed by atoms with Crippen molar-refractivity contribution in [1.29, 1.82) is 0 Å². The third-order valence-corrected chi connectivity index (χ3v) is 4.55. The van der Waals surface area contributed by atoms with Gasteiger partial charge in [0, 0.05) is 21.5 Å². The summed E-state index contributed by atoms with van der Waals surface area (Å²) >= 11 is 6.20. The number of benzene rings is 2. The van der Waals surface area contributed by atoms with Crippen LogP contribution in [-0.2, 0) is 6.42 Å². The molecule has 2 nitrogen and oxygen atoms in total. The van der Waals surface area contributed by atoms with Crippen LogP contribution in [0.25, 0.3) is 17.0 Å². The number of rotatable bonds is 1. The molecule has 23 heavy (non-hydrogen) atoms. The van der Waals surface area contributed by atoms with Gasteiger partial charge in [-0.05, 0) is 42.7 Å². The molecule has 0 unspecified atom stereocenters. The van der Waals surface area contributed by atoms with Crippen LogP contribution in [0.3, 0.4) is 0 Å². The second-order valence-electron chi connectivity index (χ2n) is 5.70. The molecule has 0 spiro atoms. The number of carbonyl (C=O) groups is 1. The summed E-state index contributed by atoms with van der Waals surface area (Å²) in [5, 5.41) is 1.66. The molecule has 1 aliphatic carbocycles. The number of allylic oxidation sites excluding steroid dienone is 1. The van der Waals surface area contributed by atoms with E-state index < -0.39 is 0 Å². The number of hydrogen-bond acceptors (Lipinski definition) is 2. The van der Waals surface area contributed by atoms with E-state index in [1.54, 1.807) is 0 Å². The van der Waals surface area contributed by atoms with E-state index >= 15 is 0 Å². The number of fused-ring (bicyclic) bond motifs is 2. The molecule has 1 heterocycles. The quantitative estimate of drug-likeness (QED) is 0.584. The molecule has 0 N–H and O–H groups in total. The lowest BCUT2D eigenvalue weighted by Gasteiger charge is -2.17. The van der Waals surface area contributed by atoms with Gasteiger partial charge >= 0.3 is 0 Å². The van der Waals surface area contributed by atoms with Crippen LogP contribution < -0.4 is 0 Å². The molecule has 2 aromatic carbocycles. The summed E-state index contributed by atoms with van der Waals surface area (Å²) in [6.45, 7) is 0. The lowest BCUT2D eigenvalue weighted by atomic mass is 9.88. The SMILES string of the molecule is O=C1/C(=C/c2ccccc2Cl)CCc2nc3ccccc3cc21. The highest BCUT2D eigenvalue weighted by Crippen LogP contribution is 2.29. The Morgan fingerprint density at radius 3 is 2.65 bits per heavy atom. The van der Waals surface area contributed by atoms with Crippen LogP contribution in [0.15, 0.2) is 60.2 Å². The lowest BCUT2D eigenvalue weighted by molar-refractivity contribution is 0.102. The normalized spacial score (nSPS) is 15.9. The maximum absolute atomic E-state index is 12.8. The molecule has 0 bridgehead atoms. The highest BCUT2D eigenvalue weighted by atomic mass is 35.5. The number of carbonyl (C=O) groups excluding carboxylic acids is 1. The predicted octanol–water partition coefficient (Wildman–Crippen LogP) is 5.10. The van der Waals surface area contributed by atoms with Gasteiger partial charge in [-0.2, -0.15) is 0 Å². The van der Waals surface area contributed by atoms with E-state index in [1.165, 1.54) is 0 Å². The van der Waals surface area contributed by atoms with Crippen molar-refractivity contribution in [2.75, 3.05) is 0 Å². The second kappa shape index (κ2) is 5.64. The van der Waals surface area contributed by atoms with Crippen molar-refractivity contribution in [3.63, 3.8) is 0 Å². The molecule has 112 valence electrons. The van der Waals surface area contributed by atoms with Crippen LogP contribution in [0.4, 0.5) is 0 Å². The van der Waals surface area contributed by atoms with Gasteiger partial charge in [0.2, 0.25) is 0 Å². The Morgan fingerprint density at radius 1 is 1.00 bits per heavy atom. The molecule has 4 rings (SSSR count). The topological polar surface area (TPSA) is 30.0 Å². The number of pyridine rings is 1. The van der Waals surface area contributed by atoms with Crippen LogP contribution >= 0.6 is 11.6 Å². The number of halogens is 1. The Kier molecular flexibility index (Phi) is 3.47. The number of Topliss-reactive ketones (excluding diaryl/α,β-unsaturated/α-hetero) is 1. The van der Waals surface area contributed by atoms with Gasteiger partial charge in [-0.15, -0.1) is 0 Å². The van der Waals surface area contributed by atoms with Crippen LogP contribution in [0, 0.1) is 0 Å². The standard InChI is InChI=1S/C20H14ClNO/c21-17-7-3-1-5-13(17)11-15-9-10-19-16(20(15)23)12-14-6-2-4-8-18(14)22-19/h1-8,11-12H,9-10H2/b15-11+. The van der Waals surface area contributed by atoms with E-state index in [1.807, 2.05) is 60.7 Å². The minimum Gasteiger partial charge on any atom is -0.289 e. The van der Waals surface area contributed by atoms with Crippen molar-refractivity contribution >= 4 is 34.4 Å². The number of aromatic nitrogens is 1. The monoisotopic (exact) mass is 319 g/mol. The summed E-state index contributed by atoms with van der Waals surface area (Å²) in [7, 11) is 0. The average molecular weight is 320 g/mol. The molecule has 0 fully saturated rings. The molecule has 3 heteroatoms. The van der Waals surface area contributed by atoms with Crippen molar-refractivity contribution in [1.82, 2.24) is 4.98 Å². The summed E-state index contributed by atoms with van der Waals surface area (Å²) in [5.74, 6) is 0.0597. The molecule has 0 radical (unpaired) electrons. The van der Waals surface area contributed by atoms with E-state index in [9.17, 15) is 4.79 Å². The van der Waals surface area contributed by atoms with Gasteiger partial charge in [0.1, 0.15) is 0 Å². The zero-order valence-electron chi connectivity index (χ0n) is 12.4. The van der Waals surface area contributed by atoms with Crippen LogP contribution in [0.2, 0.25) is 5.02 Å². The summed E-state index contributed by atoms with van der Waals surface area (Å²) in [5.41, 5.74) is 4.23. The molecule has 3 aromatic rings. The molecule has 0 amide bonds. The molecule has 0 saturated heterocycles. The predicted molar refractivity (Wildman–Crippen MR) is 93.8 cm³/mol. The zero-order valence-corrected chi connectivity index (χ0v) is 13.2. The number of ketones is 1. The Bertz CT molecular complexity index is 959. The van der Waals surface area contributed by atoms with Crippen LogP contribution in [-0.4, -0.2) is 10.8 Å². The van der Waals surface area contributed by atoms with Crippen molar-refractivity contribution in [3.05, 3.63) is 82.0 Å². The van der Waals surface area contributed by atoms with Crippen LogP contribution in [0.1, 0.15) is 28.0 Å². The van der Waals surface area contributed by atoms with Gasteiger partial charge in [0.15, 0.2) is 5.78 Å². The summed E-state index contributed by atoms with van der Waals surface area (Å²) in [6.07, 6.45) is 3.38. The zero-order chi connectivity index (χ0) is 15.8. The maximum atomic E-state index is 12.8. The highest BCUT2D eigenvalue weighted by Gasteiger charge is 2.23. The smallest absolute Gasteiger partial charge is 0.190 e. The molecular formula is C20H14ClNO. The van der Waals surface area contributed by atoms with Gasteiger partial charge in [0.05, 0.1) is 11.2 Å². The van der Waals surface area contributed by atoms with E-state index in [0.717, 1.165) is 34.2 Å². The Labute approximate surface area is 139 Å². The Morgan fingerprint density at radius 2 is 1.78 bits per heavy atom. The van der Waals surface area contributed by atoms with Gasteiger partial charge < -0.3 is 0 Å². The molecular weight excluding hydrogens is 306 g/mol. The van der Waals surface area contributed by atoms with Gasteiger partial charge in [0.25, 0.3) is 0 Å². The molecule has 1 aromatic heterocycles. The largest absolute Gasteiger partial charge is 0.289 e. The maximum Gasteiger partial charge on any atom is 0.190 e. The molecule has 0 saturated carbocycles. The van der Waals surface area contributed by atoms with Gasteiger partial charge in [-0.25, -0.2) is 0 Å². The van der Waals surface area contributed by atoms with Crippen molar-refractivity contribution < 1.29 is 4.79 Å². The van der Waals surface area contributed by atoms with E-state index in [0.29, 0.717) is 17.0 Å². The van der Waals surface area contributed by atoms with Crippen molar-refractivity contribution in [3.8, 4) is 0 Å². The molecule has 0 aliphatic heterocycles. The third-order valence-electron chi connectivity index (χ3n) is 4.21. The average Bonchev–Trinajstić information content (AvgIpc) is 2.58. The summed E-state index contributed by atoms with van der Waals surface area (Å²) in [6, 6.07) is 17.4. The minimum absolute atomic E-state index is 0.0597. The number of aryl methyl sites for hydroxylation is 1. The first-order valence-corrected chi connectivity index (χ1v) is 7.98. The molecule has 0 atom stereocenters. The first-order chi connectivity index (χ1) is 11.2. The summed E-state index contributed by atoms with van der Waals surface area (Å²) < 4.78 is 0. The van der Waals surface area contributed by atoms with E-state index in [-0.39, 0.29) is 5.78 Å². The Hall–Kier alpha value is -2.45. The van der Waals surface area contributed by atoms with E-state index in [4.69, 9.17) is 11.6 Å². The number of hydrogen-bond donors (Lipinski definition) is 0. The fraction of sp³-hybridized carbons (Fsp3) is 0.100. The Balaban J connectivity index is 1.80. The van der Waals surface area contributed by atoms with Gasteiger partial charge in [-0.3, -0.25) is 9.78 Å². The van der Waals surface area contributed by atoms with Crippen molar-refractivity contribution in [2.45, 2.75) is 12.8 Å². The fourth-order valence-electron chi connectivity index (χ4n) is 3.00. The summed E-state index contributed by atoms with van der Waals surface area (Å²) in [4.78, 5) is 17.5. The van der Waals surface area contributed by atoms with Gasteiger partial charge in [-0.1, -0.05) is 48.0 Å². The van der Waals surface area contributed by atoms with Crippen molar-refractivity contribution in [2.24, 2.45) is 0 Å². The first-order valence-electron chi connectivity index (χ1n) is 7.61. The second-order valence-corrected chi connectivity index (χ2v) is 6.10. The molecule has 1 aliphatic rings. The van der Waals surface area contributed by atoms with E-state index in [2.05, 4.69) is 4.98 Å². The van der Waals surface area contributed by atoms with Crippen LogP contribution in [0.5, 0.6) is 0 Å². The minimum atomic E-state index is 0.0597. The number of nitrogens with zero attached hydrogens (tertiary/aromatic N) is 1. The fourth-order valence-corrected chi connectivity index (χ4v) is 3.19. The first kappa shape index (κ1) is 14.2. The third kappa shape index (κ3) is 2.55. The highest BCUT2D eigenvalue weighted by molar-refractivity contribution is 6.32. The lowest BCUT2D eigenvalue weighted by Crippen LogP contribution is -2.15.